The van der Waals surface area contributed by atoms with Crippen molar-refractivity contribution in [1.82, 2.24) is 39.0 Å². The van der Waals surface area contributed by atoms with Crippen molar-refractivity contribution in [3.8, 4) is 0 Å². The number of aryl methyl sites for hydroxylation is 1. The molecule has 1 unspecified atom stereocenters. The Morgan fingerprint density at radius 3 is 2.43 bits per heavy atom. The fourth-order valence-electron chi connectivity index (χ4n) is 10.1. The Bertz CT molecular complexity index is 2580. The molecule has 3 saturated heterocycles. The van der Waals surface area contributed by atoms with Crippen molar-refractivity contribution in [3.05, 3.63) is 82.2 Å². The maximum atomic E-state index is 13.4. The van der Waals surface area contributed by atoms with E-state index in [4.69, 9.17) is 9.84 Å². The summed E-state index contributed by atoms with van der Waals surface area (Å²) in [6.45, 7) is 5.83. The lowest BCUT2D eigenvalue weighted by Crippen LogP contribution is -2.44. The number of rotatable bonds is 10. The highest BCUT2D eigenvalue weighted by Crippen LogP contribution is 2.37. The Morgan fingerprint density at radius 2 is 1.70 bits per heavy atom. The number of amides is 3. The number of anilines is 2. The summed E-state index contributed by atoms with van der Waals surface area (Å²) in [6.07, 6.45) is 4.08. The number of alkyl halides is 3. The van der Waals surface area contributed by atoms with Crippen molar-refractivity contribution in [2.24, 2.45) is 13.0 Å². The molecule has 1 saturated carbocycles. The minimum absolute atomic E-state index is 0.204. The summed E-state index contributed by atoms with van der Waals surface area (Å²) in [4.78, 5) is 61.9. The molecule has 1 atom stereocenters. The maximum Gasteiger partial charge on any atom is 0.433 e. The van der Waals surface area contributed by atoms with Crippen LogP contribution in [0.4, 0.5) is 24.5 Å². The maximum absolute atomic E-state index is 13.4. The van der Waals surface area contributed by atoms with E-state index < -0.39 is 29.7 Å². The van der Waals surface area contributed by atoms with Crippen LogP contribution in [0, 0.1) is 5.92 Å². The lowest BCUT2D eigenvalue weighted by molar-refractivity contribution is -0.141. The Hall–Kier alpha value is -5.59. The van der Waals surface area contributed by atoms with Gasteiger partial charge in [0, 0.05) is 57.3 Å². The van der Waals surface area contributed by atoms with Gasteiger partial charge in [-0.15, -0.1) is 0 Å². The number of benzene rings is 2. The van der Waals surface area contributed by atoms with Crippen LogP contribution in [0.3, 0.4) is 0 Å². The van der Waals surface area contributed by atoms with E-state index in [0.29, 0.717) is 62.4 Å². The number of nitrogens with zero attached hydrogens (tertiary/aromatic N) is 8. The van der Waals surface area contributed by atoms with Crippen molar-refractivity contribution in [2.45, 2.75) is 82.2 Å². The monoisotopic (exact) mass is 870 g/mol. The molecular formula is C45H53F3N10O5. The fourth-order valence-corrected chi connectivity index (χ4v) is 10.1. The number of carbonyl (C=O) groups is 3. The number of carbonyl (C=O) groups excluding carboxylic acids is 3. The molecule has 0 radical (unpaired) electrons. The van der Waals surface area contributed by atoms with Crippen molar-refractivity contribution in [3.63, 3.8) is 0 Å². The van der Waals surface area contributed by atoms with Crippen molar-refractivity contribution in [2.75, 3.05) is 63.2 Å². The van der Waals surface area contributed by atoms with Crippen molar-refractivity contribution < 1.29 is 32.3 Å². The first kappa shape index (κ1) is 42.7. The second-order valence-corrected chi connectivity index (χ2v) is 17.6. The molecule has 4 fully saturated rings. The van der Waals surface area contributed by atoms with E-state index in [9.17, 15) is 32.3 Å². The van der Waals surface area contributed by atoms with Gasteiger partial charge in [-0.3, -0.25) is 38.4 Å². The number of piperidine rings is 2. The molecule has 3 aromatic heterocycles. The van der Waals surface area contributed by atoms with E-state index in [1.165, 1.54) is 12.1 Å². The van der Waals surface area contributed by atoms with Crippen LogP contribution in [0.1, 0.15) is 85.2 Å². The highest BCUT2D eigenvalue weighted by molar-refractivity contribution is 6.06. The van der Waals surface area contributed by atoms with Crippen molar-refractivity contribution >= 4 is 51.0 Å². The van der Waals surface area contributed by atoms with E-state index in [-0.39, 0.29) is 29.8 Å². The SMILES string of the molecule is CN(CC1CCC(n2cc3cc(NC(=O)c4cccc(C(F)(F)F)n4)c(N4CCOCC4)cc3n2)CC1)C1CCN(Cc2cccc3c2n(C)c(=O)n3C2CCC(=O)NC2=O)CC1. The molecule has 0 bridgehead atoms. The Morgan fingerprint density at radius 1 is 0.952 bits per heavy atom. The zero-order valence-electron chi connectivity index (χ0n) is 35.6. The van der Waals surface area contributed by atoms with E-state index in [1.807, 2.05) is 35.1 Å². The first-order chi connectivity index (χ1) is 30.3. The molecule has 334 valence electrons. The van der Waals surface area contributed by atoms with Crippen LogP contribution in [-0.2, 0) is 34.1 Å². The quantitative estimate of drug-likeness (QED) is 0.172. The van der Waals surface area contributed by atoms with Gasteiger partial charge >= 0.3 is 11.9 Å². The number of para-hydroxylation sites is 1. The summed E-state index contributed by atoms with van der Waals surface area (Å²) in [5.41, 5.74) is 2.89. The molecule has 15 nitrogen and oxygen atoms in total. The van der Waals surface area contributed by atoms with Gasteiger partial charge in [-0.2, -0.15) is 18.3 Å². The summed E-state index contributed by atoms with van der Waals surface area (Å²) in [7, 11) is 3.99. The predicted octanol–water partition coefficient (Wildman–Crippen LogP) is 5.50. The van der Waals surface area contributed by atoms with Crippen LogP contribution in [-0.4, -0.2) is 110 Å². The summed E-state index contributed by atoms with van der Waals surface area (Å²) in [5, 5.41) is 11.1. The van der Waals surface area contributed by atoms with Gasteiger partial charge in [0.15, 0.2) is 0 Å². The summed E-state index contributed by atoms with van der Waals surface area (Å²) >= 11 is 0. The zero-order valence-corrected chi connectivity index (χ0v) is 35.6. The number of pyridine rings is 1. The number of morpholine rings is 1. The first-order valence-electron chi connectivity index (χ1n) is 22.0. The zero-order chi connectivity index (χ0) is 44.0. The molecule has 2 N–H and O–H groups in total. The minimum atomic E-state index is -4.67. The second-order valence-electron chi connectivity index (χ2n) is 17.6. The van der Waals surface area contributed by atoms with Gasteiger partial charge in [-0.1, -0.05) is 18.2 Å². The molecule has 4 aliphatic rings. The fraction of sp³-hybridized carbons (Fsp3) is 0.511. The van der Waals surface area contributed by atoms with Crippen LogP contribution in [0.5, 0.6) is 0 Å². The number of hydrogen-bond acceptors (Lipinski definition) is 10. The van der Waals surface area contributed by atoms with E-state index in [0.717, 1.165) is 91.9 Å². The number of imide groups is 1. The van der Waals surface area contributed by atoms with Gasteiger partial charge in [0.05, 0.1) is 47.2 Å². The Labute approximate surface area is 362 Å². The summed E-state index contributed by atoms with van der Waals surface area (Å²) in [6, 6.07) is 13.0. The van der Waals surface area contributed by atoms with Crippen LogP contribution in [0.15, 0.2) is 59.5 Å². The van der Waals surface area contributed by atoms with Crippen LogP contribution >= 0.6 is 0 Å². The number of aromatic nitrogens is 5. The smallest absolute Gasteiger partial charge is 0.378 e. The highest BCUT2D eigenvalue weighted by atomic mass is 19.4. The minimum Gasteiger partial charge on any atom is -0.378 e. The number of nitrogens with one attached hydrogen (secondary N) is 2. The highest BCUT2D eigenvalue weighted by Gasteiger charge is 2.35. The molecule has 9 rings (SSSR count). The normalized spacial score (nSPS) is 22.0. The predicted molar refractivity (Wildman–Crippen MR) is 230 cm³/mol. The number of likely N-dealkylation sites (tertiary alicyclic amines) is 1. The summed E-state index contributed by atoms with van der Waals surface area (Å²) in [5.74, 6) is -0.894. The van der Waals surface area contributed by atoms with Gasteiger partial charge in [0.1, 0.15) is 17.4 Å². The van der Waals surface area contributed by atoms with Gasteiger partial charge < -0.3 is 19.9 Å². The van der Waals surface area contributed by atoms with Crippen LogP contribution in [0.2, 0.25) is 0 Å². The average molecular weight is 871 g/mol. The number of ether oxygens (including phenoxy) is 1. The Balaban J connectivity index is 0.805. The number of halogens is 3. The molecule has 6 heterocycles. The van der Waals surface area contributed by atoms with Gasteiger partial charge in [-0.05, 0) is 107 Å². The summed E-state index contributed by atoms with van der Waals surface area (Å²) < 4.78 is 50.9. The second kappa shape index (κ2) is 17.5. The first-order valence-corrected chi connectivity index (χ1v) is 22.0. The van der Waals surface area contributed by atoms with E-state index in [2.05, 4.69) is 43.4 Å². The lowest BCUT2D eigenvalue weighted by Gasteiger charge is -2.39. The molecule has 18 heteroatoms. The average Bonchev–Trinajstić information content (AvgIpc) is 3.81. The number of hydrogen-bond donors (Lipinski definition) is 2. The van der Waals surface area contributed by atoms with Gasteiger partial charge in [0.2, 0.25) is 11.8 Å². The molecule has 3 aliphatic heterocycles. The van der Waals surface area contributed by atoms with E-state index >= 15 is 0 Å². The molecule has 3 amide bonds. The van der Waals surface area contributed by atoms with Crippen LogP contribution in [0.25, 0.3) is 21.9 Å². The number of imidazole rings is 1. The Kier molecular flexibility index (Phi) is 11.9. The molecule has 63 heavy (non-hydrogen) atoms. The van der Waals surface area contributed by atoms with Gasteiger partial charge in [-0.25, -0.2) is 9.78 Å². The lowest BCUT2D eigenvalue weighted by atomic mass is 9.85. The van der Waals surface area contributed by atoms with Gasteiger partial charge in [0.25, 0.3) is 5.91 Å². The molecule has 0 spiro atoms. The topological polar surface area (TPSA) is 152 Å². The largest absolute Gasteiger partial charge is 0.433 e. The molecule has 5 aromatic rings. The van der Waals surface area contributed by atoms with E-state index in [1.54, 1.807) is 16.2 Å². The molecule has 1 aliphatic carbocycles. The standard InChI is InChI=1S/C45H53F3N10O5/c1-53(31-15-17-55(18-16-31)26-29-5-3-7-36-41(29)54(2)44(62)58(36)37-13-14-40(59)51-43(37)61)25-28-9-11-32(12-10-28)57-27-30-23-35(38(24-34(30)52-57)56-19-21-63-22-20-56)50-42(60)33-6-4-8-39(49-33)45(46,47)48/h3-8,23-24,27-28,31-32,37H,9-22,25-26H2,1-2H3,(H,50,60)(H,51,59,61). The third-order valence-corrected chi connectivity index (χ3v) is 13.5. The van der Waals surface area contributed by atoms with Crippen molar-refractivity contribution in [1.29, 1.82) is 0 Å². The molecular weight excluding hydrogens is 818 g/mol. The number of fused-ring (bicyclic) bond motifs is 2. The van der Waals surface area contributed by atoms with Crippen LogP contribution < -0.4 is 21.2 Å². The third kappa shape index (κ3) is 8.84. The molecule has 2 aromatic carbocycles. The third-order valence-electron chi connectivity index (χ3n) is 13.5.